The third-order valence-electron chi connectivity index (χ3n) is 2.69. The number of alkyl halides is 2. The zero-order valence-corrected chi connectivity index (χ0v) is 10.9. The molecule has 0 aliphatic carbocycles. The molecule has 7 nitrogen and oxygen atoms in total. The van der Waals surface area contributed by atoms with Crippen molar-refractivity contribution in [3.05, 3.63) is 39.4 Å². The molecule has 0 spiro atoms. The van der Waals surface area contributed by atoms with Crippen LogP contribution in [-0.4, -0.2) is 34.4 Å². The number of carboxylic acid groups (broad SMARTS) is 1. The van der Waals surface area contributed by atoms with Crippen LogP contribution in [0.15, 0.2) is 18.2 Å². The van der Waals surface area contributed by atoms with E-state index < -0.39 is 35.7 Å². The van der Waals surface area contributed by atoms with Gasteiger partial charge < -0.3 is 10.4 Å². The highest BCUT2D eigenvalue weighted by atomic mass is 19.3. The molecule has 114 valence electrons. The van der Waals surface area contributed by atoms with Gasteiger partial charge in [-0.15, -0.1) is 0 Å². The Morgan fingerprint density at radius 2 is 2.05 bits per heavy atom. The van der Waals surface area contributed by atoms with E-state index in [0.29, 0.717) is 5.56 Å². The second kappa shape index (κ2) is 6.73. The van der Waals surface area contributed by atoms with E-state index in [9.17, 15) is 28.5 Å². The average molecular weight is 302 g/mol. The number of halogens is 2. The Bertz CT molecular complexity index is 577. The van der Waals surface area contributed by atoms with Crippen LogP contribution in [0.4, 0.5) is 14.5 Å². The number of nitro benzene ring substituents is 1. The van der Waals surface area contributed by atoms with Crippen molar-refractivity contribution in [2.45, 2.75) is 25.8 Å². The van der Waals surface area contributed by atoms with Gasteiger partial charge in [0.15, 0.2) is 0 Å². The van der Waals surface area contributed by atoms with Gasteiger partial charge in [-0.05, 0) is 12.5 Å². The summed E-state index contributed by atoms with van der Waals surface area (Å²) in [5.74, 6) is -2.56. The second-order valence-corrected chi connectivity index (χ2v) is 4.25. The molecule has 1 unspecified atom stereocenters. The maximum Gasteiger partial charge on any atom is 0.326 e. The Labute approximate surface area is 117 Å². The molecular formula is C12H12F2N2O5. The fraction of sp³-hybridized carbons (Fsp3) is 0.333. The molecule has 0 aliphatic heterocycles. The van der Waals surface area contributed by atoms with Gasteiger partial charge in [0, 0.05) is 24.1 Å². The number of carbonyl (C=O) groups excluding carboxylic acids is 1. The molecule has 1 amide bonds. The molecule has 0 bridgehead atoms. The highest BCUT2D eigenvalue weighted by Gasteiger charge is 2.25. The summed E-state index contributed by atoms with van der Waals surface area (Å²) in [6.45, 7) is 1.49. The number of aliphatic carboxylic acids is 1. The van der Waals surface area contributed by atoms with Gasteiger partial charge in [0.1, 0.15) is 6.04 Å². The standard InChI is InChI=1S/C12H12F2N2O5/c1-6-2-3-7(16(20)21)4-8(6)11(17)15-9(12(18)19)5-10(13)14/h2-4,9-10H,5H2,1H3,(H,15,17)(H,18,19). The normalized spacial score (nSPS) is 12.0. The van der Waals surface area contributed by atoms with Gasteiger partial charge in [-0.2, -0.15) is 0 Å². The van der Waals surface area contributed by atoms with E-state index in [0.717, 1.165) is 6.07 Å². The molecule has 0 fully saturated rings. The molecule has 0 saturated heterocycles. The Balaban J connectivity index is 2.99. The lowest BCUT2D eigenvalue weighted by molar-refractivity contribution is -0.384. The molecule has 21 heavy (non-hydrogen) atoms. The third-order valence-corrected chi connectivity index (χ3v) is 2.69. The van der Waals surface area contributed by atoms with Crippen molar-refractivity contribution in [2.24, 2.45) is 0 Å². The molecule has 1 rings (SSSR count). The molecular weight excluding hydrogens is 290 g/mol. The van der Waals surface area contributed by atoms with E-state index in [1.165, 1.54) is 19.1 Å². The lowest BCUT2D eigenvalue weighted by Crippen LogP contribution is -2.42. The summed E-state index contributed by atoms with van der Waals surface area (Å²) in [6, 6.07) is 1.69. The zero-order chi connectivity index (χ0) is 16.2. The smallest absolute Gasteiger partial charge is 0.326 e. The predicted molar refractivity (Wildman–Crippen MR) is 67.3 cm³/mol. The van der Waals surface area contributed by atoms with Crippen LogP contribution in [0, 0.1) is 17.0 Å². The van der Waals surface area contributed by atoms with Crippen LogP contribution in [0.5, 0.6) is 0 Å². The summed E-state index contributed by atoms with van der Waals surface area (Å²) in [5.41, 5.74) is -0.129. The molecule has 0 radical (unpaired) electrons. The van der Waals surface area contributed by atoms with E-state index in [1.54, 1.807) is 0 Å². The summed E-state index contributed by atoms with van der Waals surface area (Å²) in [5, 5.41) is 21.3. The number of hydrogen-bond acceptors (Lipinski definition) is 4. The number of non-ortho nitro benzene ring substituents is 1. The van der Waals surface area contributed by atoms with E-state index in [1.807, 2.05) is 5.32 Å². The van der Waals surface area contributed by atoms with E-state index >= 15 is 0 Å². The monoisotopic (exact) mass is 302 g/mol. The highest BCUT2D eigenvalue weighted by molar-refractivity contribution is 5.98. The average Bonchev–Trinajstić information content (AvgIpc) is 2.37. The fourth-order valence-electron chi connectivity index (χ4n) is 1.60. The van der Waals surface area contributed by atoms with Crippen LogP contribution in [-0.2, 0) is 4.79 Å². The Kier molecular flexibility index (Phi) is 5.28. The first kappa shape index (κ1) is 16.5. The number of benzene rings is 1. The number of amides is 1. The van der Waals surface area contributed by atoms with Gasteiger partial charge >= 0.3 is 5.97 Å². The molecule has 2 N–H and O–H groups in total. The number of nitro groups is 1. The van der Waals surface area contributed by atoms with Gasteiger partial charge in [-0.1, -0.05) is 6.07 Å². The predicted octanol–water partition coefficient (Wildman–Crippen LogP) is 1.74. The Morgan fingerprint density at radius 1 is 1.43 bits per heavy atom. The molecule has 0 aromatic heterocycles. The maximum absolute atomic E-state index is 12.2. The molecule has 0 saturated carbocycles. The van der Waals surface area contributed by atoms with Crippen LogP contribution in [0.1, 0.15) is 22.3 Å². The number of hydrogen-bond donors (Lipinski definition) is 2. The first-order chi connectivity index (χ1) is 9.72. The van der Waals surface area contributed by atoms with E-state index in [4.69, 9.17) is 5.11 Å². The molecule has 1 aromatic carbocycles. The number of rotatable bonds is 6. The summed E-state index contributed by atoms with van der Waals surface area (Å²) in [6.07, 6.45) is -3.95. The van der Waals surface area contributed by atoms with Gasteiger partial charge in [-0.25, -0.2) is 13.6 Å². The first-order valence-corrected chi connectivity index (χ1v) is 5.79. The lowest BCUT2D eigenvalue weighted by Gasteiger charge is -2.14. The quantitative estimate of drug-likeness (QED) is 0.614. The minimum atomic E-state index is -2.90. The molecule has 1 atom stereocenters. The van der Waals surface area contributed by atoms with Crippen LogP contribution in [0.2, 0.25) is 0 Å². The fourth-order valence-corrected chi connectivity index (χ4v) is 1.60. The lowest BCUT2D eigenvalue weighted by atomic mass is 10.1. The van der Waals surface area contributed by atoms with Crippen LogP contribution in [0.25, 0.3) is 0 Å². The van der Waals surface area contributed by atoms with Crippen molar-refractivity contribution in [3.63, 3.8) is 0 Å². The van der Waals surface area contributed by atoms with E-state index in [-0.39, 0.29) is 11.3 Å². The third kappa shape index (κ3) is 4.48. The van der Waals surface area contributed by atoms with Gasteiger partial charge in [-0.3, -0.25) is 14.9 Å². The van der Waals surface area contributed by atoms with Crippen LogP contribution >= 0.6 is 0 Å². The van der Waals surface area contributed by atoms with Gasteiger partial charge in [0.2, 0.25) is 6.43 Å². The van der Waals surface area contributed by atoms with Crippen molar-refractivity contribution in [2.75, 3.05) is 0 Å². The summed E-state index contributed by atoms with van der Waals surface area (Å²) >= 11 is 0. The minimum absolute atomic E-state index is 0.135. The molecule has 9 heteroatoms. The molecule has 1 aromatic rings. The van der Waals surface area contributed by atoms with Crippen LogP contribution < -0.4 is 5.32 Å². The zero-order valence-electron chi connectivity index (χ0n) is 10.9. The highest BCUT2D eigenvalue weighted by Crippen LogP contribution is 2.17. The van der Waals surface area contributed by atoms with Crippen molar-refractivity contribution in [3.8, 4) is 0 Å². The number of carboxylic acids is 1. The van der Waals surface area contributed by atoms with E-state index in [2.05, 4.69) is 0 Å². The number of nitrogens with one attached hydrogen (secondary N) is 1. The summed E-state index contributed by atoms with van der Waals surface area (Å²) in [7, 11) is 0. The molecule has 0 heterocycles. The van der Waals surface area contributed by atoms with Gasteiger partial charge in [0.25, 0.3) is 11.6 Å². The van der Waals surface area contributed by atoms with Crippen molar-refractivity contribution in [1.29, 1.82) is 0 Å². The number of nitrogens with zero attached hydrogens (tertiary/aromatic N) is 1. The summed E-state index contributed by atoms with van der Waals surface area (Å²) < 4.78 is 24.5. The number of aryl methyl sites for hydroxylation is 1. The van der Waals surface area contributed by atoms with Crippen molar-refractivity contribution >= 4 is 17.6 Å². The van der Waals surface area contributed by atoms with Crippen molar-refractivity contribution < 1.29 is 28.4 Å². The summed E-state index contributed by atoms with van der Waals surface area (Å²) in [4.78, 5) is 32.6. The second-order valence-electron chi connectivity index (χ2n) is 4.25. The Hall–Kier alpha value is -2.58. The minimum Gasteiger partial charge on any atom is -0.480 e. The topological polar surface area (TPSA) is 110 Å². The largest absolute Gasteiger partial charge is 0.480 e. The number of carbonyl (C=O) groups is 2. The van der Waals surface area contributed by atoms with Crippen LogP contribution in [0.3, 0.4) is 0 Å². The molecule has 0 aliphatic rings. The SMILES string of the molecule is Cc1ccc([N+](=O)[O-])cc1C(=O)NC(CC(F)F)C(=O)O. The first-order valence-electron chi connectivity index (χ1n) is 5.79. The Morgan fingerprint density at radius 3 is 2.52 bits per heavy atom. The maximum atomic E-state index is 12.2. The van der Waals surface area contributed by atoms with Crippen molar-refractivity contribution in [1.82, 2.24) is 5.32 Å². The van der Waals surface area contributed by atoms with Gasteiger partial charge in [0.05, 0.1) is 4.92 Å².